The van der Waals surface area contributed by atoms with Crippen LogP contribution in [0.4, 0.5) is 0 Å². The second kappa shape index (κ2) is 4.05. The van der Waals surface area contributed by atoms with Gasteiger partial charge in [-0.15, -0.1) is 0 Å². The number of hydrogen-bond donors (Lipinski definition) is 1. The molecule has 0 spiro atoms. The topological polar surface area (TPSA) is 63.6 Å². The molecule has 3 heterocycles. The summed E-state index contributed by atoms with van der Waals surface area (Å²) in [6.07, 6.45) is 8.17. The SMILES string of the molecule is CC(C)(C=O)n1cc(-c2ccnc3[nH]ccc23)cn1. The molecule has 1 N–H and O–H groups in total. The third kappa shape index (κ3) is 1.83. The van der Waals surface area contributed by atoms with Crippen molar-refractivity contribution in [1.29, 1.82) is 0 Å². The number of aromatic amines is 1. The average molecular weight is 254 g/mol. The van der Waals surface area contributed by atoms with Crippen LogP contribution in [0.5, 0.6) is 0 Å². The number of rotatable bonds is 3. The summed E-state index contributed by atoms with van der Waals surface area (Å²) >= 11 is 0. The molecule has 3 aromatic heterocycles. The van der Waals surface area contributed by atoms with Crippen molar-refractivity contribution in [3.05, 3.63) is 36.9 Å². The third-order valence-corrected chi connectivity index (χ3v) is 3.23. The molecule has 0 aliphatic heterocycles. The summed E-state index contributed by atoms with van der Waals surface area (Å²) in [5.74, 6) is 0. The molecule has 0 aromatic carbocycles. The second-order valence-corrected chi connectivity index (χ2v) is 5.04. The molecule has 19 heavy (non-hydrogen) atoms. The van der Waals surface area contributed by atoms with Crippen LogP contribution in [-0.4, -0.2) is 26.0 Å². The summed E-state index contributed by atoms with van der Waals surface area (Å²) in [6, 6.07) is 3.94. The number of aromatic nitrogens is 4. The lowest BCUT2D eigenvalue weighted by Gasteiger charge is -2.16. The lowest BCUT2D eigenvalue weighted by molar-refractivity contribution is -0.114. The van der Waals surface area contributed by atoms with E-state index in [1.807, 2.05) is 38.4 Å². The number of nitrogens with one attached hydrogen (secondary N) is 1. The highest BCUT2D eigenvalue weighted by atomic mass is 16.1. The van der Waals surface area contributed by atoms with E-state index in [4.69, 9.17) is 0 Å². The Morgan fingerprint density at radius 3 is 3.00 bits per heavy atom. The number of carbonyl (C=O) groups excluding carboxylic acids is 1. The molecule has 0 saturated heterocycles. The fraction of sp³-hybridized carbons (Fsp3) is 0.214. The average Bonchev–Trinajstić information content (AvgIpc) is 3.07. The van der Waals surface area contributed by atoms with Gasteiger partial charge in [-0.1, -0.05) is 0 Å². The monoisotopic (exact) mass is 254 g/mol. The Labute approximate surface area is 110 Å². The van der Waals surface area contributed by atoms with Gasteiger partial charge in [-0.3, -0.25) is 4.68 Å². The Hall–Kier alpha value is -2.43. The highest BCUT2D eigenvalue weighted by Crippen LogP contribution is 2.27. The van der Waals surface area contributed by atoms with Gasteiger partial charge in [0.25, 0.3) is 0 Å². The second-order valence-electron chi connectivity index (χ2n) is 5.04. The number of carbonyl (C=O) groups is 1. The van der Waals surface area contributed by atoms with E-state index in [9.17, 15) is 4.79 Å². The zero-order chi connectivity index (χ0) is 13.5. The summed E-state index contributed by atoms with van der Waals surface area (Å²) < 4.78 is 1.67. The lowest BCUT2D eigenvalue weighted by atomic mass is 10.1. The van der Waals surface area contributed by atoms with Crippen molar-refractivity contribution in [1.82, 2.24) is 19.7 Å². The Bertz CT molecular complexity index is 739. The van der Waals surface area contributed by atoms with E-state index in [-0.39, 0.29) is 0 Å². The fourth-order valence-electron chi connectivity index (χ4n) is 2.04. The molecule has 0 saturated carbocycles. The Morgan fingerprint density at radius 1 is 1.37 bits per heavy atom. The van der Waals surface area contributed by atoms with Crippen LogP contribution in [0.25, 0.3) is 22.2 Å². The van der Waals surface area contributed by atoms with Gasteiger partial charge in [0.05, 0.1) is 6.20 Å². The van der Waals surface area contributed by atoms with Crippen molar-refractivity contribution in [2.75, 3.05) is 0 Å². The van der Waals surface area contributed by atoms with Crippen molar-refractivity contribution >= 4 is 17.3 Å². The van der Waals surface area contributed by atoms with Crippen LogP contribution in [-0.2, 0) is 10.3 Å². The van der Waals surface area contributed by atoms with E-state index in [2.05, 4.69) is 15.1 Å². The molecule has 96 valence electrons. The van der Waals surface area contributed by atoms with Gasteiger partial charge >= 0.3 is 0 Å². The summed E-state index contributed by atoms with van der Waals surface area (Å²) in [6.45, 7) is 3.66. The van der Waals surface area contributed by atoms with E-state index in [1.54, 1.807) is 17.1 Å². The van der Waals surface area contributed by atoms with E-state index in [0.29, 0.717) is 0 Å². The smallest absolute Gasteiger partial charge is 0.147 e. The van der Waals surface area contributed by atoms with Crippen LogP contribution >= 0.6 is 0 Å². The standard InChI is InChI=1S/C14H14N4O/c1-14(2,9-19)18-8-10(7-17-18)11-3-5-15-13-12(11)4-6-16-13/h3-9H,1-2H3,(H,15,16). The van der Waals surface area contributed by atoms with Crippen LogP contribution < -0.4 is 0 Å². The molecular weight excluding hydrogens is 240 g/mol. The van der Waals surface area contributed by atoms with Gasteiger partial charge in [0.1, 0.15) is 17.5 Å². The maximum atomic E-state index is 11.1. The van der Waals surface area contributed by atoms with E-state index < -0.39 is 5.54 Å². The summed E-state index contributed by atoms with van der Waals surface area (Å²) in [7, 11) is 0. The van der Waals surface area contributed by atoms with Crippen LogP contribution in [0.2, 0.25) is 0 Å². The van der Waals surface area contributed by atoms with Crippen molar-refractivity contribution in [3.8, 4) is 11.1 Å². The number of fused-ring (bicyclic) bond motifs is 1. The van der Waals surface area contributed by atoms with Crippen LogP contribution in [0.3, 0.4) is 0 Å². The highest BCUT2D eigenvalue weighted by molar-refractivity contribution is 5.92. The molecule has 0 atom stereocenters. The molecular formula is C14H14N4O. The predicted molar refractivity (Wildman–Crippen MR) is 72.7 cm³/mol. The minimum absolute atomic E-state index is 0.636. The lowest BCUT2D eigenvalue weighted by Crippen LogP contribution is -2.28. The molecule has 3 rings (SSSR count). The quantitative estimate of drug-likeness (QED) is 0.730. The molecule has 5 nitrogen and oxygen atoms in total. The molecule has 0 fully saturated rings. The van der Waals surface area contributed by atoms with E-state index >= 15 is 0 Å². The maximum Gasteiger partial charge on any atom is 0.147 e. The number of nitrogens with zero attached hydrogens (tertiary/aromatic N) is 3. The van der Waals surface area contributed by atoms with Crippen LogP contribution in [0.1, 0.15) is 13.8 Å². The number of aldehydes is 1. The van der Waals surface area contributed by atoms with E-state index in [0.717, 1.165) is 28.4 Å². The first-order chi connectivity index (χ1) is 9.12. The van der Waals surface area contributed by atoms with E-state index in [1.165, 1.54) is 0 Å². The van der Waals surface area contributed by atoms with Gasteiger partial charge in [-0.2, -0.15) is 5.10 Å². The molecule has 0 bridgehead atoms. The molecule has 0 amide bonds. The Morgan fingerprint density at radius 2 is 2.21 bits per heavy atom. The van der Waals surface area contributed by atoms with Crippen LogP contribution in [0.15, 0.2) is 36.9 Å². The molecule has 3 aromatic rings. The van der Waals surface area contributed by atoms with Gasteiger partial charge in [-0.05, 0) is 31.5 Å². The van der Waals surface area contributed by atoms with Gasteiger partial charge in [0.15, 0.2) is 0 Å². The zero-order valence-corrected chi connectivity index (χ0v) is 10.8. The normalized spacial score (nSPS) is 11.9. The van der Waals surface area contributed by atoms with Crippen LogP contribution in [0, 0.1) is 0 Å². The first-order valence-corrected chi connectivity index (χ1v) is 6.06. The van der Waals surface area contributed by atoms with Gasteiger partial charge < -0.3 is 9.78 Å². The first-order valence-electron chi connectivity index (χ1n) is 6.06. The maximum absolute atomic E-state index is 11.1. The molecule has 0 aliphatic carbocycles. The summed E-state index contributed by atoms with van der Waals surface area (Å²) in [5.41, 5.74) is 2.24. The molecule has 5 heteroatoms. The van der Waals surface area contributed by atoms with Gasteiger partial charge in [0, 0.05) is 29.5 Å². The minimum Gasteiger partial charge on any atom is -0.346 e. The largest absolute Gasteiger partial charge is 0.346 e. The number of hydrogen-bond acceptors (Lipinski definition) is 3. The van der Waals surface area contributed by atoms with Crippen molar-refractivity contribution in [2.45, 2.75) is 19.4 Å². The van der Waals surface area contributed by atoms with Gasteiger partial charge in [0.2, 0.25) is 0 Å². The third-order valence-electron chi connectivity index (χ3n) is 3.23. The molecule has 0 radical (unpaired) electrons. The van der Waals surface area contributed by atoms with Crippen molar-refractivity contribution < 1.29 is 4.79 Å². The summed E-state index contributed by atoms with van der Waals surface area (Å²) in [4.78, 5) is 18.4. The predicted octanol–water partition coefficient (Wildman–Crippen LogP) is 2.36. The highest BCUT2D eigenvalue weighted by Gasteiger charge is 2.20. The summed E-state index contributed by atoms with van der Waals surface area (Å²) in [5, 5.41) is 5.33. The first kappa shape index (κ1) is 11.6. The van der Waals surface area contributed by atoms with Crippen molar-refractivity contribution in [3.63, 3.8) is 0 Å². The Kier molecular flexibility index (Phi) is 2.48. The van der Waals surface area contributed by atoms with Crippen molar-refractivity contribution in [2.24, 2.45) is 0 Å². The van der Waals surface area contributed by atoms with Gasteiger partial charge in [-0.25, -0.2) is 4.98 Å². The Balaban J connectivity index is 2.13. The minimum atomic E-state index is -0.636. The number of pyridine rings is 1. The zero-order valence-electron chi connectivity index (χ0n) is 10.8. The molecule has 0 aliphatic rings. The fourth-order valence-corrected chi connectivity index (χ4v) is 2.04. The number of H-pyrrole nitrogens is 1. The molecule has 0 unspecified atom stereocenters.